The molecule has 1 amide bonds. The van der Waals surface area contributed by atoms with Crippen molar-refractivity contribution in [3.05, 3.63) is 84.7 Å². The zero-order chi connectivity index (χ0) is 23.7. The number of carbonyl (C=O) groups excluding carboxylic acids is 1. The Balaban J connectivity index is 1.31. The molecule has 0 saturated carbocycles. The van der Waals surface area contributed by atoms with Crippen LogP contribution in [0.5, 0.6) is 5.88 Å². The van der Waals surface area contributed by atoms with Crippen molar-refractivity contribution in [1.29, 1.82) is 0 Å². The summed E-state index contributed by atoms with van der Waals surface area (Å²) in [4.78, 5) is 21.3. The molecule has 3 heterocycles. The minimum absolute atomic E-state index is 0.237. The van der Waals surface area contributed by atoms with Crippen LogP contribution in [-0.4, -0.2) is 31.7 Å². The van der Waals surface area contributed by atoms with E-state index in [1.165, 1.54) is 19.2 Å². The summed E-state index contributed by atoms with van der Waals surface area (Å²) in [7, 11) is 0. The number of aromatic amines is 1. The first-order chi connectivity index (χ1) is 16.4. The SMILES string of the molecule is CC1(F)C=CC(Oc2ccc(NC(=O)c3n[nH]c4ccc(-c5cncc(N)c5)cc34)cn2)=CC1. The lowest BCUT2D eigenvalue weighted by Gasteiger charge is -2.18. The summed E-state index contributed by atoms with van der Waals surface area (Å²) < 4.78 is 19.5. The molecule has 4 N–H and O–H groups in total. The molecule has 170 valence electrons. The molecule has 0 spiro atoms. The number of halogens is 1. The first-order valence-electron chi connectivity index (χ1n) is 10.6. The zero-order valence-electron chi connectivity index (χ0n) is 18.2. The number of fused-ring (bicyclic) bond motifs is 1. The van der Waals surface area contributed by atoms with Crippen molar-refractivity contribution >= 4 is 28.2 Å². The van der Waals surface area contributed by atoms with Gasteiger partial charge in [0.15, 0.2) is 5.69 Å². The fraction of sp³-hybridized carbons (Fsp3) is 0.120. The van der Waals surface area contributed by atoms with Gasteiger partial charge in [0, 0.05) is 35.8 Å². The molecule has 0 saturated heterocycles. The molecule has 1 aliphatic carbocycles. The number of benzene rings is 1. The average Bonchev–Trinajstić information content (AvgIpc) is 3.25. The summed E-state index contributed by atoms with van der Waals surface area (Å²) in [6, 6.07) is 10.7. The number of aromatic nitrogens is 4. The Hall–Kier alpha value is -4.53. The Labute approximate surface area is 194 Å². The number of anilines is 2. The van der Waals surface area contributed by atoms with Gasteiger partial charge in [0.25, 0.3) is 5.91 Å². The number of hydrogen-bond acceptors (Lipinski definition) is 6. The van der Waals surface area contributed by atoms with Crippen LogP contribution in [0.1, 0.15) is 23.8 Å². The van der Waals surface area contributed by atoms with Crippen LogP contribution in [0.3, 0.4) is 0 Å². The molecule has 0 bridgehead atoms. The van der Waals surface area contributed by atoms with Crippen LogP contribution in [0.4, 0.5) is 15.8 Å². The number of H-pyrrole nitrogens is 1. The summed E-state index contributed by atoms with van der Waals surface area (Å²) in [5, 5.41) is 10.5. The molecule has 0 aliphatic heterocycles. The number of pyridine rings is 2. The predicted molar refractivity (Wildman–Crippen MR) is 128 cm³/mol. The van der Waals surface area contributed by atoms with Crippen LogP contribution >= 0.6 is 0 Å². The minimum atomic E-state index is -1.36. The standard InChI is InChI=1S/C25H21FN6O2/c1-25(26)8-6-19(7-9-25)34-22-5-3-18(14-29-22)30-24(33)23-20-11-15(2-4-21(20)31-32-23)16-10-17(27)13-28-12-16/h2-8,10-14H,9,27H2,1H3,(H,30,33)(H,31,32). The minimum Gasteiger partial charge on any atom is -0.439 e. The van der Waals surface area contributed by atoms with E-state index in [9.17, 15) is 9.18 Å². The van der Waals surface area contributed by atoms with E-state index in [4.69, 9.17) is 10.5 Å². The lowest BCUT2D eigenvalue weighted by atomic mass is 9.99. The largest absolute Gasteiger partial charge is 0.439 e. The van der Waals surface area contributed by atoms with E-state index in [0.29, 0.717) is 28.4 Å². The van der Waals surface area contributed by atoms with Crippen LogP contribution in [0.15, 0.2) is 79.0 Å². The highest BCUT2D eigenvalue weighted by Gasteiger charge is 2.21. The molecule has 0 fully saturated rings. The summed E-state index contributed by atoms with van der Waals surface area (Å²) in [5.41, 5.74) is 8.20. The van der Waals surface area contributed by atoms with Crippen molar-refractivity contribution < 1.29 is 13.9 Å². The molecular weight excluding hydrogens is 435 g/mol. The number of nitrogens with zero attached hydrogens (tertiary/aromatic N) is 3. The van der Waals surface area contributed by atoms with E-state index in [-0.39, 0.29) is 18.0 Å². The highest BCUT2D eigenvalue weighted by Crippen LogP contribution is 2.27. The van der Waals surface area contributed by atoms with Crippen LogP contribution in [0, 0.1) is 0 Å². The Morgan fingerprint density at radius 2 is 2.06 bits per heavy atom. The van der Waals surface area contributed by atoms with Crippen molar-refractivity contribution in [2.75, 3.05) is 11.1 Å². The molecular formula is C25H21FN6O2. The molecule has 1 unspecified atom stereocenters. The quantitative estimate of drug-likeness (QED) is 0.397. The predicted octanol–water partition coefficient (Wildman–Crippen LogP) is 4.81. The maximum atomic E-state index is 13.8. The third-order valence-corrected chi connectivity index (χ3v) is 5.38. The van der Waals surface area contributed by atoms with Crippen LogP contribution in [0.25, 0.3) is 22.0 Å². The number of nitrogens with one attached hydrogen (secondary N) is 2. The topological polar surface area (TPSA) is 119 Å². The van der Waals surface area contributed by atoms with Gasteiger partial charge in [-0.15, -0.1) is 0 Å². The number of amides is 1. The summed E-state index contributed by atoms with van der Waals surface area (Å²) in [6.07, 6.45) is 9.72. The Bertz CT molecular complexity index is 1440. The molecule has 1 atom stereocenters. The summed E-state index contributed by atoms with van der Waals surface area (Å²) in [6.45, 7) is 1.50. The van der Waals surface area contributed by atoms with Gasteiger partial charge in [0.1, 0.15) is 11.4 Å². The maximum absolute atomic E-state index is 13.8. The van der Waals surface area contributed by atoms with Crippen molar-refractivity contribution in [3.8, 4) is 17.0 Å². The smallest absolute Gasteiger partial charge is 0.276 e. The number of nitrogens with two attached hydrogens (primary N) is 1. The second kappa shape index (κ2) is 8.43. The fourth-order valence-corrected chi connectivity index (χ4v) is 3.58. The van der Waals surface area contributed by atoms with E-state index in [1.807, 2.05) is 24.3 Å². The molecule has 4 aromatic rings. The monoisotopic (exact) mass is 456 g/mol. The van der Waals surface area contributed by atoms with Gasteiger partial charge in [-0.2, -0.15) is 5.10 Å². The van der Waals surface area contributed by atoms with E-state index < -0.39 is 5.67 Å². The van der Waals surface area contributed by atoms with Gasteiger partial charge >= 0.3 is 0 Å². The first kappa shape index (κ1) is 21.3. The van der Waals surface area contributed by atoms with E-state index in [0.717, 1.165) is 16.6 Å². The van der Waals surface area contributed by atoms with Crippen molar-refractivity contribution in [3.63, 3.8) is 0 Å². The third kappa shape index (κ3) is 4.49. The van der Waals surface area contributed by atoms with Gasteiger partial charge in [0.05, 0.1) is 23.1 Å². The van der Waals surface area contributed by atoms with Gasteiger partial charge < -0.3 is 15.8 Å². The summed E-state index contributed by atoms with van der Waals surface area (Å²) in [5.74, 6) is 0.472. The highest BCUT2D eigenvalue weighted by atomic mass is 19.1. The molecule has 1 aliphatic rings. The molecule has 34 heavy (non-hydrogen) atoms. The van der Waals surface area contributed by atoms with Crippen LogP contribution in [-0.2, 0) is 0 Å². The number of nitrogen functional groups attached to an aromatic ring is 1. The third-order valence-electron chi connectivity index (χ3n) is 5.38. The van der Waals surface area contributed by atoms with E-state index >= 15 is 0 Å². The average molecular weight is 456 g/mol. The van der Waals surface area contributed by atoms with Crippen molar-refractivity contribution in [2.24, 2.45) is 0 Å². The van der Waals surface area contributed by atoms with Crippen molar-refractivity contribution in [2.45, 2.75) is 19.0 Å². The fourth-order valence-electron chi connectivity index (χ4n) is 3.58. The second-order valence-corrected chi connectivity index (χ2v) is 8.20. The Kier molecular flexibility index (Phi) is 5.29. The second-order valence-electron chi connectivity index (χ2n) is 8.20. The molecule has 0 radical (unpaired) electrons. The number of carbonyl (C=O) groups is 1. The highest BCUT2D eigenvalue weighted by molar-refractivity contribution is 6.11. The maximum Gasteiger partial charge on any atom is 0.276 e. The van der Waals surface area contributed by atoms with Gasteiger partial charge in [-0.1, -0.05) is 6.07 Å². The molecule has 1 aromatic carbocycles. The molecule has 3 aromatic heterocycles. The van der Waals surface area contributed by atoms with Gasteiger partial charge in [-0.3, -0.25) is 14.9 Å². The van der Waals surface area contributed by atoms with Crippen LogP contribution in [0.2, 0.25) is 0 Å². The van der Waals surface area contributed by atoms with Crippen molar-refractivity contribution in [1.82, 2.24) is 20.2 Å². The summed E-state index contributed by atoms with van der Waals surface area (Å²) >= 11 is 0. The Morgan fingerprint density at radius 1 is 1.18 bits per heavy atom. The Morgan fingerprint density at radius 3 is 2.79 bits per heavy atom. The normalized spacial score (nSPS) is 17.4. The number of ether oxygens (including phenoxy) is 1. The van der Waals surface area contributed by atoms with Crippen LogP contribution < -0.4 is 15.8 Å². The van der Waals surface area contributed by atoms with E-state index in [1.54, 1.807) is 36.7 Å². The lowest BCUT2D eigenvalue weighted by molar-refractivity contribution is 0.102. The van der Waals surface area contributed by atoms with Gasteiger partial charge in [-0.25, -0.2) is 9.37 Å². The molecule has 5 rings (SSSR count). The van der Waals surface area contributed by atoms with Gasteiger partial charge in [-0.05, 0) is 55.0 Å². The number of alkyl halides is 1. The van der Waals surface area contributed by atoms with E-state index in [2.05, 4.69) is 25.5 Å². The van der Waals surface area contributed by atoms with Gasteiger partial charge in [0.2, 0.25) is 5.88 Å². The number of rotatable bonds is 5. The lowest BCUT2D eigenvalue weighted by Crippen LogP contribution is -2.16. The number of allylic oxidation sites excluding steroid dienone is 3. The molecule has 9 heteroatoms. The zero-order valence-corrected chi connectivity index (χ0v) is 18.2. The number of hydrogen-bond donors (Lipinski definition) is 3. The first-order valence-corrected chi connectivity index (χ1v) is 10.6. The molecule has 8 nitrogen and oxygen atoms in total.